The molecule has 0 aliphatic carbocycles. The van der Waals surface area contributed by atoms with Crippen LogP contribution >= 0.6 is 23.2 Å². The number of nitrogens with one attached hydrogen (secondary N) is 2. The minimum absolute atomic E-state index is 0.0734. The molecule has 10 heteroatoms. The van der Waals surface area contributed by atoms with Gasteiger partial charge in [-0.3, -0.25) is 9.59 Å². The fourth-order valence-corrected chi connectivity index (χ4v) is 3.44. The lowest BCUT2D eigenvalue weighted by molar-refractivity contribution is 0.0944. The largest absolute Gasteiger partial charge is 0.350 e. The number of carbonyl (C=O) groups excluding carboxylic acids is 2. The normalized spacial score (nSPS) is 10.9. The number of amides is 2. The number of nitrogens with zero attached hydrogens (tertiary/aromatic N) is 3. The van der Waals surface area contributed by atoms with Crippen molar-refractivity contribution >= 4 is 54.1 Å². The smallest absolute Gasteiger partial charge is 0.274 e. The molecule has 3 aromatic rings. The molecule has 0 bridgehead atoms. The molecule has 3 rings (SSSR count). The number of hydrogen-bond acceptors (Lipinski definition) is 4. The Labute approximate surface area is 185 Å². The van der Waals surface area contributed by atoms with E-state index in [2.05, 4.69) is 20.7 Å². The van der Waals surface area contributed by atoms with Crippen LogP contribution in [-0.2, 0) is 0 Å². The highest BCUT2D eigenvalue weighted by atomic mass is 35.5. The Bertz CT molecular complexity index is 1130. The molecule has 0 radical (unpaired) electrons. The number of carbonyl (C=O) groups is 2. The summed E-state index contributed by atoms with van der Waals surface area (Å²) in [5.41, 5.74) is 2.16. The zero-order chi connectivity index (χ0) is 22.0. The van der Waals surface area contributed by atoms with Crippen molar-refractivity contribution in [3.05, 3.63) is 63.4 Å². The third-order valence-corrected chi connectivity index (χ3v) is 4.72. The second-order valence-corrected chi connectivity index (χ2v) is 7.96. The second kappa shape index (κ2) is 8.89. The first-order valence-electron chi connectivity index (χ1n) is 9.27. The highest BCUT2D eigenvalue weighted by Gasteiger charge is 2.22. The number of aryl methyl sites for hydroxylation is 1. The highest BCUT2D eigenvalue weighted by Crippen LogP contribution is 2.27. The molecule has 154 valence electrons. The van der Waals surface area contributed by atoms with E-state index in [1.54, 1.807) is 45.2 Å². The fourth-order valence-electron chi connectivity index (χ4n) is 2.96. The molecule has 7 nitrogen and oxygen atoms in total. The van der Waals surface area contributed by atoms with Crippen molar-refractivity contribution < 1.29 is 9.59 Å². The van der Waals surface area contributed by atoms with E-state index in [-0.39, 0.29) is 23.2 Å². The molecule has 2 aromatic heterocycles. The molecule has 2 N–H and O–H groups in total. The monoisotopic (exact) mass is 443 g/mol. The predicted octanol–water partition coefficient (Wildman–Crippen LogP) is 2.53. The van der Waals surface area contributed by atoms with Gasteiger partial charge in [0, 0.05) is 22.9 Å². The summed E-state index contributed by atoms with van der Waals surface area (Å²) in [6.45, 7) is 5.47. The maximum absolute atomic E-state index is 13.2. The minimum atomic E-state index is -0.457. The Morgan fingerprint density at radius 3 is 2.57 bits per heavy atom. The van der Waals surface area contributed by atoms with E-state index < -0.39 is 5.91 Å². The first-order chi connectivity index (χ1) is 14.2. The molecular formula is C20H20BCl2N5O2. The van der Waals surface area contributed by atoms with Crippen LogP contribution in [0.2, 0.25) is 10.0 Å². The Morgan fingerprint density at radius 2 is 1.90 bits per heavy atom. The van der Waals surface area contributed by atoms with E-state index in [0.29, 0.717) is 32.7 Å². The molecule has 0 aliphatic rings. The number of benzene rings is 1. The summed E-state index contributed by atoms with van der Waals surface area (Å²) >= 11 is 12.4. The van der Waals surface area contributed by atoms with E-state index in [4.69, 9.17) is 23.2 Å². The predicted molar refractivity (Wildman–Crippen MR) is 121 cm³/mol. The molecule has 0 fully saturated rings. The summed E-state index contributed by atoms with van der Waals surface area (Å²) < 4.78 is 1.38. The van der Waals surface area contributed by atoms with Gasteiger partial charge >= 0.3 is 0 Å². The molecule has 0 spiro atoms. The highest BCUT2D eigenvalue weighted by molar-refractivity contribution is 6.33. The van der Waals surface area contributed by atoms with Crippen molar-refractivity contribution in [1.82, 2.24) is 20.1 Å². The van der Waals surface area contributed by atoms with Crippen LogP contribution in [0.15, 0.2) is 36.5 Å². The van der Waals surface area contributed by atoms with Crippen LogP contribution in [-0.4, -0.2) is 40.5 Å². The van der Waals surface area contributed by atoms with Crippen molar-refractivity contribution in [3.63, 3.8) is 0 Å². The summed E-state index contributed by atoms with van der Waals surface area (Å²) in [6.07, 6.45) is 1.57. The summed E-state index contributed by atoms with van der Waals surface area (Å²) in [5.74, 6) is -0.451. The number of hydrogen-bond donors (Lipinski definition) is 2. The van der Waals surface area contributed by atoms with Gasteiger partial charge in [0.1, 0.15) is 5.69 Å². The first-order valence-corrected chi connectivity index (χ1v) is 10.0. The molecular weight excluding hydrogens is 424 g/mol. The Hall–Kier alpha value is -2.84. The maximum Gasteiger partial charge on any atom is 0.274 e. The van der Waals surface area contributed by atoms with E-state index >= 15 is 0 Å². The molecule has 0 saturated heterocycles. The van der Waals surface area contributed by atoms with Gasteiger partial charge in [0.2, 0.25) is 0 Å². The van der Waals surface area contributed by atoms with Gasteiger partial charge < -0.3 is 10.6 Å². The molecule has 2 amide bonds. The molecule has 30 heavy (non-hydrogen) atoms. The van der Waals surface area contributed by atoms with Crippen LogP contribution in [0.1, 0.15) is 40.3 Å². The quantitative estimate of drug-likeness (QED) is 0.593. The van der Waals surface area contributed by atoms with E-state index in [1.807, 2.05) is 13.8 Å². The fraction of sp³-hybridized carbons (Fsp3) is 0.200. The first kappa shape index (κ1) is 21.9. The number of anilines is 1. The van der Waals surface area contributed by atoms with E-state index in [1.165, 1.54) is 10.7 Å². The van der Waals surface area contributed by atoms with Crippen LogP contribution in [0.25, 0.3) is 5.82 Å². The van der Waals surface area contributed by atoms with Gasteiger partial charge in [0.25, 0.3) is 11.8 Å². The van der Waals surface area contributed by atoms with Crippen molar-refractivity contribution in [2.45, 2.75) is 26.8 Å². The van der Waals surface area contributed by atoms with Gasteiger partial charge in [-0.15, -0.1) is 0 Å². The van der Waals surface area contributed by atoms with Gasteiger partial charge in [-0.1, -0.05) is 23.2 Å². The number of aromatic nitrogens is 3. The molecule has 0 atom stereocenters. The lowest BCUT2D eigenvalue weighted by atomic mass is 10.0. The zero-order valence-corrected chi connectivity index (χ0v) is 18.5. The van der Waals surface area contributed by atoms with Gasteiger partial charge in [-0.25, -0.2) is 9.67 Å². The van der Waals surface area contributed by atoms with Crippen LogP contribution in [0.3, 0.4) is 0 Å². The van der Waals surface area contributed by atoms with Crippen LogP contribution < -0.4 is 16.2 Å². The SMILES string of the molecule is Bc1cc(C(=O)Nc2c(C)cc(Cl)cc2C(=O)NC(C)C)n(-c2ncccc2Cl)n1. The molecule has 0 aliphatic heterocycles. The number of rotatable bonds is 5. The number of halogens is 2. The minimum Gasteiger partial charge on any atom is -0.350 e. The zero-order valence-electron chi connectivity index (χ0n) is 17.0. The van der Waals surface area contributed by atoms with Gasteiger partial charge in [-0.05, 0) is 56.7 Å². The lowest BCUT2D eigenvalue weighted by Crippen LogP contribution is -2.31. The van der Waals surface area contributed by atoms with Gasteiger partial charge in [-0.2, -0.15) is 5.10 Å². The maximum atomic E-state index is 13.2. The molecule has 0 unspecified atom stereocenters. The van der Waals surface area contributed by atoms with Crippen molar-refractivity contribution in [3.8, 4) is 5.82 Å². The Balaban J connectivity index is 2.02. The summed E-state index contributed by atoms with van der Waals surface area (Å²) in [7, 11) is 1.76. The Kier molecular flexibility index (Phi) is 6.48. The van der Waals surface area contributed by atoms with Crippen molar-refractivity contribution in [2.24, 2.45) is 0 Å². The van der Waals surface area contributed by atoms with Crippen LogP contribution in [0, 0.1) is 6.92 Å². The van der Waals surface area contributed by atoms with Crippen molar-refractivity contribution in [2.75, 3.05) is 5.32 Å². The lowest BCUT2D eigenvalue weighted by Gasteiger charge is -2.16. The molecule has 1 aromatic carbocycles. The van der Waals surface area contributed by atoms with Crippen molar-refractivity contribution in [1.29, 1.82) is 0 Å². The molecule has 2 heterocycles. The molecule has 0 saturated carbocycles. The second-order valence-electron chi connectivity index (χ2n) is 7.12. The topological polar surface area (TPSA) is 88.9 Å². The van der Waals surface area contributed by atoms with Gasteiger partial charge in [0.05, 0.1) is 16.3 Å². The van der Waals surface area contributed by atoms with E-state index in [9.17, 15) is 9.59 Å². The number of pyridine rings is 1. The third kappa shape index (κ3) is 4.66. The van der Waals surface area contributed by atoms with Crippen LogP contribution in [0.4, 0.5) is 5.69 Å². The summed E-state index contributed by atoms with van der Waals surface area (Å²) in [5, 5.41) is 10.8. The van der Waals surface area contributed by atoms with E-state index in [0.717, 1.165) is 0 Å². The third-order valence-electron chi connectivity index (χ3n) is 4.21. The average Bonchev–Trinajstić information content (AvgIpc) is 3.05. The van der Waals surface area contributed by atoms with Crippen LogP contribution in [0.5, 0.6) is 0 Å². The Morgan fingerprint density at radius 1 is 1.17 bits per heavy atom. The standard InChI is InChI=1S/C20H20BCl2N5O2/c1-10(2)25-19(29)13-8-12(22)7-11(3)17(13)26-20(30)15-9-16(21)27-28(15)18-14(23)5-4-6-24-18/h4-10H,21H2,1-3H3,(H,25,29)(H,26,30). The average molecular weight is 444 g/mol. The van der Waals surface area contributed by atoms with Gasteiger partial charge in [0.15, 0.2) is 13.7 Å². The summed E-state index contributed by atoms with van der Waals surface area (Å²) in [6, 6.07) is 8.12. The summed E-state index contributed by atoms with van der Waals surface area (Å²) in [4.78, 5) is 30.1.